The molecule has 0 amide bonds. The van der Waals surface area contributed by atoms with Gasteiger partial charge >= 0.3 is 0 Å². The molecule has 25 heavy (non-hydrogen) atoms. The number of rotatable bonds is 4. The average molecular weight is 373 g/mol. The van der Waals surface area contributed by atoms with Gasteiger partial charge in [-0.1, -0.05) is 28.9 Å². The van der Waals surface area contributed by atoms with E-state index in [1.165, 1.54) is 5.56 Å². The molecule has 0 aliphatic heterocycles. The number of benzene rings is 2. The maximum Gasteiger partial charge on any atom is 0.246 e. The maximum absolute atomic E-state index is 5.89. The van der Waals surface area contributed by atoms with Crippen LogP contribution in [-0.4, -0.2) is 27.2 Å². The van der Waals surface area contributed by atoms with Gasteiger partial charge in [-0.2, -0.15) is 4.98 Å². The Morgan fingerprint density at radius 3 is 2.72 bits per heavy atom. The zero-order chi connectivity index (χ0) is 17.8. The molecule has 0 bridgehead atoms. The molecule has 128 valence electrons. The number of hydrogen-bond acceptors (Lipinski definition) is 4. The van der Waals surface area contributed by atoms with Gasteiger partial charge in [0, 0.05) is 23.3 Å². The van der Waals surface area contributed by atoms with Gasteiger partial charge in [-0.15, -0.1) is 0 Å². The summed E-state index contributed by atoms with van der Waals surface area (Å²) in [6.07, 6.45) is 0. The molecule has 0 atom stereocenters. The van der Waals surface area contributed by atoms with Crippen LogP contribution in [0.15, 0.2) is 53.1 Å². The summed E-state index contributed by atoms with van der Waals surface area (Å²) in [6, 6.07) is 15.3. The number of thiocarbonyl (C=S) groups is 1. The van der Waals surface area contributed by atoms with E-state index < -0.39 is 0 Å². The van der Waals surface area contributed by atoms with Crippen LogP contribution in [0.25, 0.3) is 11.4 Å². The normalized spacial score (nSPS) is 10.5. The lowest BCUT2D eigenvalue weighted by Crippen LogP contribution is -2.30. The summed E-state index contributed by atoms with van der Waals surface area (Å²) in [4.78, 5) is 6.25. The minimum absolute atomic E-state index is 0.415. The van der Waals surface area contributed by atoms with Crippen molar-refractivity contribution in [2.45, 2.75) is 13.5 Å². The molecule has 2 aromatic carbocycles. The standard InChI is InChI=1S/C18H17ClN4OS/c1-12-4-3-5-15(10-12)20-18(25)23(2)11-16-21-17(22-24-16)13-6-8-14(19)9-7-13/h3-10H,11H2,1-2H3,(H,20,25). The molecule has 0 unspecified atom stereocenters. The molecule has 0 aliphatic carbocycles. The van der Waals surface area contributed by atoms with Crippen LogP contribution in [0.1, 0.15) is 11.5 Å². The lowest BCUT2D eigenvalue weighted by Gasteiger charge is -2.19. The van der Waals surface area contributed by atoms with Gasteiger partial charge in [0.05, 0.1) is 6.54 Å². The third-order valence-electron chi connectivity index (χ3n) is 3.56. The summed E-state index contributed by atoms with van der Waals surface area (Å²) < 4.78 is 5.32. The van der Waals surface area contributed by atoms with E-state index in [9.17, 15) is 0 Å². The Labute approximate surface area is 156 Å². The van der Waals surface area contributed by atoms with Crippen molar-refractivity contribution in [2.75, 3.05) is 12.4 Å². The minimum atomic E-state index is 0.415. The smallest absolute Gasteiger partial charge is 0.246 e. The van der Waals surface area contributed by atoms with Gasteiger partial charge in [0.15, 0.2) is 5.11 Å². The monoisotopic (exact) mass is 372 g/mol. The summed E-state index contributed by atoms with van der Waals surface area (Å²) in [5, 5.41) is 8.45. The number of aryl methyl sites for hydroxylation is 1. The molecule has 0 radical (unpaired) electrons. The van der Waals surface area contributed by atoms with Gasteiger partial charge in [0.25, 0.3) is 0 Å². The Morgan fingerprint density at radius 1 is 1.24 bits per heavy atom. The lowest BCUT2D eigenvalue weighted by molar-refractivity contribution is 0.336. The molecule has 0 saturated carbocycles. The number of anilines is 1. The molecule has 1 N–H and O–H groups in total. The molecule has 0 saturated heterocycles. The van der Waals surface area contributed by atoms with E-state index in [-0.39, 0.29) is 0 Å². The molecule has 1 heterocycles. The van der Waals surface area contributed by atoms with Crippen molar-refractivity contribution in [3.8, 4) is 11.4 Å². The van der Waals surface area contributed by atoms with E-state index in [4.69, 9.17) is 28.3 Å². The first-order valence-electron chi connectivity index (χ1n) is 7.68. The summed E-state index contributed by atoms with van der Waals surface area (Å²) >= 11 is 11.3. The van der Waals surface area contributed by atoms with Crippen LogP contribution in [0.2, 0.25) is 5.02 Å². The van der Waals surface area contributed by atoms with E-state index >= 15 is 0 Å². The SMILES string of the molecule is Cc1cccc(NC(=S)N(C)Cc2nc(-c3ccc(Cl)cc3)no2)c1. The van der Waals surface area contributed by atoms with Gasteiger partial charge in [-0.3, -0.25) is 0 Å². The highest BCUT2D eigenvalue weighted by Gasteiger charge is 2.13. The second kappa shape index (κ2) is 7.63. The van der Waals surface area contributed by atoms with Gasteiger partial charge in [0.2, 0.25) is 11.7 Å². The average Bonchev–Trinajstić information content (AvgIpc) is 3.04. The highest BCUT2D eigenvalue weighted by atomic mass is 35.5. The van der Waals surface area contributed by atoms with E-state index in [1.54, 1.807) is 12.1 Å². The fourth-order valence-corrected chi connectivity index (χ4v) is 2.56. The predicted molar refractivity (Wildman–Crippen MR) is 104 cm³/mol. The topological polar surface area (TPSA) is 54.2 Å². The van der Waals surface area contributed by atoms with Crippen molar-refractivity contribution in [2.24, 2.45) is 0 Å². The van der Waals surface area contributed by atoms with Gasteiger partial charge in [-0.25, -0.2) is 0 Å². The van der Waals surface area contributed by atoms with Gasteiger partial charge in [0.1, 0.15) is 0 Å². The Morgan fingerprint density at radius 2 is 2.00 bits per heavy atom. The Kier molecular flexibility index (Phi) is 5.31. The predicted octanol–water partition coefficient (Wildman–Crippen LogP) is 4.53. The first-order valence-corrected chi connectivity index (χ1v) is 8.47. The molecule has 1 aromatic heterocycles. The first-order chi connectivity index (χ1) is 12.0. The van der Waals surface area contributed by atoms with Crippen LogP contribution in [0, 0.1) is 6.92 Å². The molecule has 7 heteroatoms. The van der Waals surface area contributed by atoms with Crippen molar-refractivity contribution in [3.63, 3.8) is 0 Å². The van der Waals surface area contributed by atoms with Crippen LogP contribution in [0.5, 0.6) is 0 Å². The van der Waals surface area contributed by atoms with Gasteiger partial charge < -0.3 is 14.7 Å². The molecule has 0 aliphatic rings. The number of halogens is 1. The van der Waals surface area contributed by atoms with Crippen molar-refractivity contribution in [1.29, 1.82) is 0 Å². The quantitative estimate of drug-likeness (QED) is 0.679. The summed E-state index contributed by atoms with van der Waals surface area (Å²) in [5.41, 5.74) is 2.96. The summed E-state index contributed by atoms with van der Waals surface area (Å²) in [7, 11) is 1.87. The highest BCUT2D eigenvalue weighted by Crippen LogP contribution is 2.19. The van der Waals surface area contributed by atoms with Crippen LogP contribution < -0.4 is 5.32 Å². The molecule has 3 rings (SSSR count). The second-order valence-corrected chi connectivity index (χ2v) is 6.50. The van der Waals surface area contributed by atoms with E-state index in [1.807, 2.05) is 55.3 Å². The number of nitrogens with zero attached hydrogens (tertiary/aromatic N) is 3. The molecular weight excluding hydrogens is 356 g/mol. The fraction of sp³-hybridized carbons (Fsp3) is 0.167. The largest absolute Gasteiger partial charge is 0.343 e. The molecule has 0 spiro atoms. The van der Waals surface area contributed by atoms with Crippen LogP contribution in [0.3, 0.4) is 0 Å². The minimum Gasteiger partial charge on any atom is -0.343 e. The van der Waals surface area contributed by atoms with E-state index in [0.29, 0.717) is 28.4 Å². The van der Waals surface area contributed by atoms with Crippen LogP contribution >= 0.6 is 23.8 Å². The Balaban J connectivity index is 1.63. The van der Waals surface area contributed by atoms with Crippen molar-refractivity contribution >= 4 is 34.6 Å². The van der Waals surface area contributed by atoms with Crippen molar-refractivity contribution in [1.82, 2.24) is 15.0 Å². The van der Waals surface area contributed by atoms with Crippen LogP contribution in [-0.2, 0) is 6.54 Å². The van der Waals surface area contributed by atoms with E-state index in [2.05, 4.69) is 15.5 Å². The summed E-state index contributed by atoms with van der Waals surface area (Å²) in [5.74, 6) is 1.01. The summed E-state index contributed by atoms with van der Waals surface area (Å²) in [6.45, 7) is 2.45. The highest BCUT2D eigenvalue weighted by molar-refractivity contribution is 7.80. The molecule has 3 aromatic rings. The third-order valence-corrected chi connectivity index (χ3v) is 4.22. The first kappa shape index (κ1) is 17.4. The van der Waals surface area contributed by atoms with Gasteiger partial charge in [-0.05, 0) is 61.1 Å². The second-order valence-electron chi connectivity index (χ2n) is 5.67. The zero-order valence-corrected chi connectivity index (χ0v) is 15.4. The molecule has 5 nitrogen and oxygen atoms in total. The third kappa shape index (κ3) is 4.55. The van der Waals surface area contributed by atoms with Crippen LogP contribution in [0.4, 0.5) is 5.69 Å². The van der Waals surface area contributed by atoms with Crippen molar-refractivity contribution in [3.05, 3.63) is 65.0 Å². The number of nitrogens with one attached hydrogen (secondary N) is 1. The van der Waals surface area contributed by atoms with E-state index in [0.717, 1.165) is 11.3 Å². The maximum atomic E-state index is 5.89. The number of hydrogen-bond donors (Lipinski definition) is 1. The molecule has 0 fully saturated rings. The van der Waals surface area contributed by atoms with Crippen molar-refractivity contribution < 1.29 is 4.52 Å². The zero-order valence-electron chi connectivity index (χ0n) is 13.9. The molecular formula is C18H17ClN4OS. The lowest BCUT2D eigenvalue weighted by atomic mass is 10.2. The number of aromatic nitrogens is 2. The fourth-order valence-electron chi connectivity index (χ4n) is 2.25. The Hall–Kier alpha value is -2.44. The Bertz CT molecular complexity index is 879.